The van der Waals surface area contributed by atoms with E-state index in [0.717, 1.165) is 42.1 Å². The van der Waals surface area contributed by atoms with Crippen molar-refractivity contribution in [2.24, 2.45) is 0 Å². The van der Waals surface area contributed by atoms with Gasteiger partial charge >= 0.3 is 6.09 Å². The van der Waals surface area contributed by atoms with E-state index >= 15 is 0 Å². The zero-order valence-corrected chi connectivity index (χ0v) is 19.6. The number of pyridine rings is 1. The lowest BCUT2D eigenvalue weighted by Gasteiger charge is -2.31. The van der Waals surface area contributed by atoms with Crippen molar-refractivity contribution in [2.75, 3.05) is 37.0 Å². The Morgan fingerprint density at radius 1 is 1.25 bits per heavy atom. The van der Waals surface area contributed by atoms with Crippen LogP contribution in [0.4, 0.5) is 16.3 Å². The van der Waals surface area contributed by atoms with Gasteiger partial charge in [-0.1, -0.05) is 11.6 Å². The molecule has 0 aromatic carbocycles. The van der Waals surface area contributed by atoms with Crippen LogP contribution in [0, 0.1) is 0 Å². The number of halogens is 1. The zero-order valence-electron chi connectivity index (χ0n) is 18.9. The Hall–Kier alpha value is -2.81. The smallest absolute Gasteiger partial charge is 0.410 e. The number of carbonyl (C=O) groups is 1. The average molecular weight is 461 g/mol. The van der Waals surface area contributed by atoms with Crippen LogP contribution in [0.25, 0.3) is 0 Å². The molecule has 0 saturated carbocycles. The summed E-state index contributed by atoms with van der Waals surface area (Å²) in [5.74, 6) is 1.22. The van der Waals surface area contributed by atoms with Gasteiger partial charge in [-0.2, -0.15) is 0 Å². The van der Waals surface area contributed by atoms with Gasteiger partial charge < -0.3 is 24.6 Å². The van der Waals surface area contributed by atoms with Crippen LogP contribution in [-0.2, 0) is 17.7 Å². The standard InChI is InChI=1S/C22H29ClN6O3/c1-22(2,3)32-21(30)29-7-5-14(11-29)27-19-16-12-28(8-6-18(16)25-13-26-19)15-9-17(23)20(31-4)24-10-15/h9-10,13-14H,5-8,11-12H2,1-4H3,(H,25,26,27). The summed E-state index contributed by atoms with van der Waals surface area (Å²) in [7, 11) is 1.55. The Kier molecular flexibility index (Phi) is 6.28. The highest BCUT2D eigenvalue weighted by molar-refractivity contribution is 6.32. The van der Waals surface area contributed by atoms with Crippen LogP contribution in [0.2, 0.25) is 5.02 Å². The van der Waals surface area contributed by atoms with E-state index < -0.39 is 5.60 Å². The molecule has 4 heterocycles. The van der Waals surface area contributed by atoms with E-state index in [9.17, 15) is 4.79 Å². The molecule has 9 nitrogen and oxygen atoms in total. The van der Waals surface area contributed by atoms with Crippen molar-refractivity contribution in [1.82, 2.24) is 19.9 Å². The SMILES string of the molecule is COc1ncc(N2CCc3ncnc(NC4CCN(C(=O)OC(C)(C)C)C4)c3C2)cc1Cl. The molecule has 0 aliphatic carbocycles. The van der Waals surface area contributed by atoms with E-state index in [4.69, 9.17) is 21.1 Å². The Bertz CT molecular complexity index is 996. The van der Waals surface area contributed by atoms with Crippen LogP contribution in [-0.4, -0.2) is 64.3 Å². The number of hydrogen-bond acceptors (Lipinski definition) is 8. The molecule has 1 N–H and O–H groups in total. The minimum absolute atomic E-state index is 0.106. The summed E-state index contributed by atoms with van der Waals surface area (Å²) in [6.45, 7) is 8.32. The Balaban J connectivity index is 1.46. The molecular formula is C22H29ClN6O3. The highest BCUT2D eigenvalue weighted by Gasteiger charge is 2.31. The largest absolute Gasteiger partial charge is 0.480 e. The van der Waals surface area contributed by atoms with E-state index in [1.54, 1.807) is 24.5 Å². The van der Waals surface area contributed by atoms with Gasteiger partial charge in [0.15, 0.2) is 0 Å². The number of nitrogens with zero attached hydrogens (tertiary/aromatic N) is 5. The molecule has 172 valence electrons. The van der Waals surface area contributed by atoms with E-state index in [1.807, 2.05) is 26.8 Å². The first-order chi connectivity index (χ1) is 15.2. The third-order valence-electron chi connectivity index (χ3n) is 5.53. The predicted octanol–water partition coefficient (Wildman–Crippen LogP) is 3.52. The van der Waals surface area contributed by atoms with E-state index in [1.165, 1.54) is 0 Å². The number of likely N-dealkylation sites (tertiary alicyclic amines) is 1. The van der Waals surface area contributed by atoms with E-state index in [0.29, 0.717) is 30.5 Å². The molecule has 4 rings (SSSR count). The summed E-state index contributed by atoms with van der Waals surface area (Å²) in [5, 5.41) is 4.01. The van der Waals surface area contributed by atoms with Gasteiger partial charge in [0.1, 0.15) is 22.8 Å². The first kappa shape index (κ1) is 22.4. The van der Waals surface area contributed by atoms with Gasteiger partial charge in [0, 0.05) is 44.2 Å². The molecule has 1 unspecified atom stereocenters. The lowest BCUT2D eigenvalue weighted by Crippen LogP contribution is -2.37. The number of aromatic nitrogens is 3. The molecule has 2 aromatic rings. The summed E-state index contributed by atoms with van der Waals surface area (Å²) < 4.78 is 10.7. The molecule has 2 aliphatic rings. The van der Waals surface area contributed by atoms with Crippen molar-refractivity contribution in [3.63, 3.8) is 0 Å². The molecule has 0 radical (unpaired) electrons. The summed E-state index contributed by atoms with van der Waals surface area (Å²) in [4.78, 5) is 29.6. The molecule has 0 bridgehead atoms. The highest BCUT2D eigenvalue weighted by Crippen LogP contribution is 2.31. The molecule has 1 fully saturated rings. The summed E-state index contributed by atoms with van der Waals surface area (Å²) >= 11 is 6.28. The summed E-state index contributed by atoms with van der Waals surface area (Å²) in [6.07, 6.45) is 4.72. The fourth-order valence-electron chi connectivity index (χ4n) is 3.99. The second-order valence-corrected chi connectivity index (χ2v) is 9.47. The van der Waals surface area contributed by atoms with Crippen molar-refractivity contribution in [3.05, 3.63) is 34.9 Å². The van der Waals surface area contributed by atoms with Crippen molar-refractivity contribution >= 4 is 29.2 Å². The number of nitrogens with one attached hydrogen (secondary N) is 1. The quantitative estimate of drug-likeness (QED) is 0.740. The monoisotopic (exact) mass is 460 g/mol. The van der Waals surface area contributed by atoms with Crippen molar-refractivity contribution in [2.45, 2.75) is 51.8 Å². The van der Waals surface area contributed by atoms with Crippen LogP contribution in [0.5, 0.6) is 5.88 Å². The van der Waals surface area contributed by atoms with E-state index in [-0.39, 0.29) is 12.1 Å². The maximum absolute atomic E-state index is 12.4. The predicted molar refractivity (Wildman–Crippen MR) is 122 cm³/mol. The maximum atomic E-state index is 12.4. The molecular weight excluding hydrogens is 432 g/mol. The number of methoxy groups -OCH3 is 1. The third-order valence-corrected chi connectivity index (χ3v) is 5.81. The minimum atomic E-state index is -0.503. The highest BCUT2D eigenvalue weighted by atomic mass is 35.5. The van der Waals surface area contributed by atoms with Crippen LogP contribution in [0.1, 0.15) is 38.4 Å². The van der Waals surface area contributed by atoms with Crippen LogP contribution in [0.3, 0.4) is 0 Å². The molecule has 2 aliphatic heterocycles. The second-order valence-electron chi connectivity index (χ2n) is 9.06. The van der Waals surface area contributed by atoms with Crippen molar-refractivity contribution in [1.29, 1.82) is 0 Å². The van der Waals surface area contributed by atoms with Gasteiger partial charge in [-0.3, -0.25) is 0 Å². The normalized spacial score (nSPS) is 18.3. The van der Waals surface area contributed by atoms with Crippen LogP contribution in [0.15, 0.2) is 18.6 Å². The number of amides is 1. The lowest BCUT2D eigenvalue weighted by atomic mass is 10.1. The molecule has 0 spiro atoms. The minimum Gasteiger partial charge on any atom is -0.480 e. The fourth-order valence-corrected chi connectivity index (χ4v) is 4.23. The number of rotatable bonds is 4. The molecule has 32 heavy (non-hydrogen) atoms. The van der Waals surface area contributed by atoms with Gasteiger partial charge in [0.25, 0.3) is 0 Å². The number of fused-ring (bicyclic) bond motifs is 1. The van der Waals surface area contributed by atoms with Gasteiger partial charge in [-0.05, 0) is 33.3 Å². The zero-order chi connectivity index (χ0) is 22.9. The number of ether oxygens (including phenoxy) is 2. The molecule has 10 heteroatoms. The van der Waals surface area contributed by atoms with E-state index in [2.05, 4.69) is 25.2 Å². The molecule has 2 aromatic heterocycles. The summed E-state index contributed by atoms with van der Waals surface area (Å²) in [6, 6.07) is 1.97. The fraction of sp³-hybridized carbons (Fsp3) is 0.545. The van der Waals surface area contributed by atoms with Crippen LogP contribution < -0.4 is 15.0 Å². The molecule has 1 saturated heterocycles. The Morgan fingerprint density at radius 3 is 2.78 bits per heavy atom. The first-order valence-corrected chi connectivity index (χ1v) is 11.1. The number of hydrogen-bond donors (Lipinski definition) is 1. The molecule has 1 atom stereocenters. The third kappa shape index (κ3) is 4.98. The lowest BCUT2D eigenvalue weighted by molar-refractivity contribution is 0.0293. The number of carbonyl (C=O) groups excluding carboxylic acids is 1. The number of anilines is 2. The second kappa shape index (κ2) is 8.97. The Labute approximate surface area is 193 Å². The van der Waals surface area contributed by atoms with Gasteiger partial charge in [0.2, 0.25) is 5.88 Å². The Morgan fingerprint density at radius 2 is 2.06 bits per heavy atom. The molecule has 1 amide bonds. The maximum Gasteiger partial charge on any atom is 0.410 e. The van der Waals surface area contributed by atoms with Gasteiger partial charge in [-0.25, -0.2) is 19.7 Å². The summed E-state index contributed by atoms with van der Waals surface area (Å²) in [5.41, 5.74) is 2.51. The van der Waals surface area contributed by atoms with Crippen molar-refractivity contribution in [3.8, 4) is 5.88 Å². The van der Waals surface area contributed by atoms with Crippen LogP contribution >= 0.6 is 11.6 Å². The first-order valence-electron chi connectivity index (χ1n) is 10.7. The van der Waals surface area contributed by atoms with Gasteiger partial charge in [0.05, 0.1) is 24.7 Å². The van der Waals surface area contributed by atoms with Crippen molar-refractivity contribution < 1.29 is 14.3 Å². The van der Waals surface area contributed by atoms with Gasteiger partial charge in [-0.15, -0.1) is 0 Å². The topological polar surface area (TPSA) is 92.7 Å². The average Bonchev–Trinajstić information content (AvgIpc) is 3.21.